The van der Waals surface area contributed by atoms with E-state index in [4.69, 9.17) is 4.74 Å². The number of amides is 1. The van der Waals surface area contributed by atoms with Crippen molar-refractivity contribution in [2.45, 2.75) is 52.2 Å². The van der Waals surface area contributed by atoms with Crippen molar-refractivity contribution in [3.8, 4) is 0 Å². The number of alkyl carbamates (subject to hydrolysis) is 1. The Morgan fingerprint density at radius 1 is 1.35 bits per heavy atom. The zero-order valence-electron chi connectivity index (χ0n) is 12.7. The van der Waals surface area contributed by atoms with Crippen LogP contribution in [0.15, 0.2) is 30.3 Å². The van der Waals surface area contributed by atoms with Crippen LogP contribution in [0.2, 0.25) is 0 Å². The van der Waals surface area contributed by atoms with Gasteiger partial charge in [0, 0.05) is 0 Å². The lowest BCUT2D eigenvalue weighted by Crippen LogP contribution is -2.36. The molecular formula is C17H23NO2. The molecule has 1 atom stereocenters. The summed E-state index contributed by atoms with van der Waals surface area (Å²) < 4.78 is 5.34. The minimum Gasteiger partial charge on any atom is -0.444 e. The first kappa shape index (κ1) is 14.6. The number of carbonyl (C=O) groups excluding carboxylic acids is 1. The van der Waals surface area contributed by atoms with E-state index in [0.29, 0.717) is 0 Å². The van der Waals surface area contributed by atoms with Crippen molar-refractivity contribution < 1.29 is 9.53 Å². The summed E-state index contributed by atoms with van der Waals surface area (Å²) in [5, 5.41) is 2.99. The van der Waals surface area contributed by atoms with Gasteiger partial charge in [-0.3, -0.25) is 0 Å². The number of carbonyl (C=O) groups is 1. The van der Waals surface area contributed by atoms with Gasteiger partial charge in [-0.25, -0.2) is 4.79 Å². The van der Waals surface area contributed by atoms with Crippen LogP contribution in [0.3, 0.4) is 0 Å². The van der Waals surface area contributed by atoms with Crippen LogP contribution >= 0.6 is 0 Å². The van der Waals surface area contributed by atoms with Crippen molar-refractivity contribution in [1.29, 1.82) is 0 Å². The average Bonchev–Trinajstić information content (AvgIpc) is 2.37. The van der Waals surface area contributed by atoms with Crippen molar-refractivity contribution in [1.82, 2.24) is 5.32 Å². The smallest absolute Gasteiger partial charge is 0.408 e. The van der Waals surface area contributed by atoms with Crippen LogP contribution in [0.5, 0.6) is 0 Å². The summed E-state index contributed by atoms with van der Waals surface area (Å²) in [5.74, 6) is 0. The predicted molar refractivity (Wildman–Crippen MR) is 81.4 cm³/mol. The molecule has 20 heavy (non-hydrogen) atoms. The van der Waals surface area contributed by atoms with Gasteiger partial charge in [-0.05, 0) is 57.2 Å². The van der Waals surface area contributed by atoms with Crippen LogP contribution in [-0.2, 0) is 4.74 Å². The Balaban J connectivity index is 2.17. The van der Waals surface area contributed by atoms with E-state index >= 15 is 0 Å². The molecule has 1 aliphatic rings. The maximum atomic E-state index is 11.9. The molecule has 1 amide bonds. The first-order valence-corrected chi connectivity index (χ1v) is 7.14. The topological polar surface area (TPSA) is 38.3 Å². The molecule has 0 aromatic heterocycles. The lowest BCUT2D eigenvalue weighted by molar-refractivity contribution is 0.0500. The van der Waals surface area contributed by atoms with Gasteiger partial charge in [0.1, 0.15) is 5.60 Å². The zero-order valence-corrected chi connectivity index (χ0v) is 12.7. The molecule has 3 heteroatoms. The second-order valence-corrected chi connectivity index (χ2v) is 6.14. The van der Waals surface area contributed by atoms with E-state index in [1.54, 1.807) is 0 Å². The Bertz CT molecular complexity index is 526. The molecule has 1 unspecified atom stereocenters. The number of benzene rings is 1. The molecule has 0 spiro atoms. The molecule has 1 aromatic carbocycles. The molecule has 0 bridgehead atoms. The lowest BCUT2D eigenvalue weighted by atomic mass is 9.84. The van der Waals surface area contributed by atoms with Crippen LogP contribution in [0.1, 0.15) is 57.7 Å². The summed E-state index contributed by atoms with van der Waals surface area (Å²) >= 11 is 0. The van der Waals surface area contributed by atoms with Gasteiger partial charge in [-0.1, -0.05) is 30.3 Å². The van der Waals surface area contributed by atoms with Crippen LogP contribution < -0.4 is 5.32 Å². The summed E-state index contributed by atoms with van der Waals surface area (Å²) in [6.07, 6.45) is 3.70. The minimum absolute atomic E-state index is 0.0322. The molecule has 0 heterocycles. The molecule has 0 radical (unpaired) electrons. The highest BCUT2D eigenvalue weighted by Gasteiger charge is 2.25. The summed E-state index contributed by atoms with van der Waals surface area (Å²) in [7, 11) is 0. The number of fused-ring (bicyclic) bond motifs is 1. The molecule has 0 saturated heterocycles. The van der Waals surface area contributed by atoms with E-state index < -0.39 is 5.60 Å². The van der Waals surface area contributed by atoms with E-state index in [2.05, 4.69) is 30.4 Å². The molecule has 0 fully saturated rings. The number of rotatable bonds is 1. The molecule has 3 nitrogen and oxygen atoms in total. The summed E-state index contributed by atoms with van der Waals surface area (Å²) in [4.78, 5) is 11.9. The fourth-order valence-corrected chi connectivity index (χ4v) is 2.58. The van der Waals surface area contributed by atoms with Gasteiger partial charge >= 0.3 is 6.09 Å². The zero-order chi connectivity index (χ0) is 14.8. The van der Waals surface area contributed by atoms with Crippen molar-refractivity contribution in [3.05, 3.63) is 41.5 Å². The summed E-state index contributed by atoms with van der Waals surface area (Å²) in [5.41, 5.74) is 3.30. The highest BCUT2D eigenvalue weighted by Crippen LogP contribution is 2.36. The first-order chi connectivity index (χ1) is 9.40. The van der Waals surface area contributed by atoms with Crippen LogP contribution in [0, 0.1) is 0 Å². The first-order valence-electron chi connectivity index (χ1n) is 7.14. The van der Waals surface area contributed by atoms with Crippen molar-refractivity contribution >= 4 is 11.7 Å². The van der Waals surface area contributed by atoms with Crippen molar-refractivity contribution in [3.63, 3.8) is 0 Å². The second kappa shape index (κ2) is 5.70. The van der Waals surface area contributed by atoms with E-state index in [-0.39, 0.29) is 12.1 Å². The average molecular weight is 273 g/mol. The van der Waals surface area contributed by atoms with Crippen LogP contribution in [-0.4, -0.2) is 11.7 Å². The fraction of sp³-hybridized carbons (Fsp3) is 0.471. The number of allylic oxidation sites excluding steroid dienone is 2. The van der Waals surface area contributed by atoms with E-state index in [0.717, 1.165) is 12.8 Å². The monoisotopic (exact) mass is 273 g/mol. The maximum absolute atomic E-state index is 11.9. The van der Waals surface area contributed by atoms with Gasteiger partial charge in [-0.2, -0.15) is 0 Å². The Labute approximate surface area is 121 Å². The summed E-state index contributed by atoms with van der Waals surface area (Å²) in [6.45, 7) is 7.69. The summed E-state index contributed by atoms with van der Waals surface area (Å²) in [6, 6.07) is 8.29. The quantitative estimate of drug-likeness (QED) is 0.821. The van der Waals surface area contributed by atoms with Gasteiger partial charge in [0.2, 0.25) is 0 Å². The van der Waals surface area contributed by atoms with Crippen LogP contribution in [0.25, 0.3) is 5.57 Å². The normalized spacial score (nSPS) is 20.4. The predicted octanol–water partition coefficient (Wildman–Crippen LogP) is 4.45. The van der Waals surface area contributed by atoms with Crippen molar-refractivity contribution in [2.75, 3.05) is 0 Å². The fourth-order valence-electron chi connectivity index (χ4n) is 2.58. The standard InChI is InChI=1S/C17H23NO2/c1-5-12-10-11-15(14-9-7-6-8-13(12)14)18-16(19)20-17(2,3)4/h5-9,15H,10-11H2,1-4H3,(H,18,19). The van der Waals surface area contributed by atoms with E-state index in [1.165, 1.54) is 16.7 Å². The van der Waals surface area contributed by atoms with Gasteiger partial charge in [0.05, 0.1) is 6.04 Å². The number of hydrogen-bond donors (Lipinski definition) is 1. The van der Waals surface area contributed by atoms with Gasteiger partial charge in [0.15, 0.2) is 0 Å². The second-order valence-electron chi connectivity index (χ2n) is 6.14. The molecule has 2 rings (SSSR count). The third-order valence-electron chi connectivity index (χ3n) is 3.42. The van der Waals surface area contributed by atoms with E-state index in [9.17, 15) is 4.79 Å². The highest BCUT2D eigenvalue weighted by atomic mass is 16.6. The Kier molecular flexibility index (Phi) is 4.17. The maximum Gasteiger partial charge on any atom is 0.408 e. The number of ether oxygens (including phenoxy) is 1. The SMILES string of the molecule is CC=C1CCC(NC(=O)OC(C)(C)C)c2ccccc21. The van der Waals surface area contributed by atoms with Crippen LogP contribution in [0.4, 0.5) is 4.79 Å². The number of hydrogen-bond acceptors (Lipinski definition) is 2. The molecule has 0 aliphatic heterocycles. The third-order valence-corrected chi connectivity index (χ3v) is 3.42. The van der Waals surface area contributed by atoms with E-state index in [1.807, 2.05) is 32.9 Å². The Morgan fingerprint density at radius 3 is 2.70 bits per heavy atom. The van der Waals surface area contributed by atoms with Gasteiger partial charge in [-0.15, -0.1) is 0 Å². The largest absolute Gasteiger partial charge is 0.444 e. The molecule has 108 valence electrons. The van der Waals surface area contributed by atoms with Gasteiger partial charge in [0.25, 0.3) is 0 Å². The third kappa shape index (κ3) is 3.41. The lowest BCUT2D eigenvalue weighted by Gasteiger charge is -2.29. The molecule has 1 aliphatic carbocycles. The highest BCUT2D eigenvalue weighted by molar-refractivity contribution is 5.73. The molecule has 0 saturated carbocycles. The van der Waals surface area contributed by atoms with Crippen molar-refractivity contribution in [2.24, 2.45) is 0 Å². The molecule has 1 aromatic rings. The minimum atomic E-state index is -0.466. The number of nitrogens with one attached hydrogen (secondary N) is 1. The Morgan fingerprint density at radius 2 is 2.05 bits per heavy atom. The molecule has 1 N–H and O–H groups in total. The van der Waals surface area contributed by atoms with Gasteiger partial charge < -0.3 is 10.1 Å². The molecular weight excluding hydrogens is 250 g/mol. The Hall–Kier alpha value is -1.77.